The molecular weight excluding hydrogens is 482 g/mol. The Hall–Kier alpha value is -3.27. The van der Waals surface area contributed by atoms with Gasteiger partial charge in [0, 0.05) is 19.2 Å². The number of carbonyl (C=O) groups excluding carboxylic acids is 2. The molecule has 2 aromatic rings. The van der Waals surface area contributed by atoms with Gasteiger partial charge in [-0.2, -0.15) is 0 Å². The van der Waals surface area contributed by atoms with Gasteiger partial charge >= 0.3 is 0 Å². The van der Waals surface area contributed by atoms with Crippen molar-refractivity contribution >= 4 is 27.5 Å². The lowest BCUT2D eigenvalue weighted by Crippen LogP contribution is -2.53. The van der Waals surface area contributed by atoms with Crippen LogP contribution in [0.3, 0.4) is 0 Å². The molecule has 0 aliphatic carbocycles. The summed E-state index contributed by atoms with van der Waals surface area (Å²) >= 11 is 0. The van der Waals surface area contributed by atoms with Crippen LogP contribution < -0.4 is 19.1 Å². The molecule has 1 atom stereocenters. The van der Waals surface area contributed by atoms with E-state index in [2.05, 4.69) is 5.32 Å². The summed E-state index contributed by atoms with van der Waals surface area (Å²) in [6.45, 7) is 4.04. The molecule has 0 heterocycles. The number of anilines is 1. The van der Waals surface area contributed by atoms with E-state index in [4.69, 9.17) is 9.47 Å². The molecule has 36 heavy (non-hydrogen) atoms. The van der Waals surface area contributed by atoms with Crippen LogP contribution in [0.5, 0.6) is 11.5 Å². The Bertz CT molecular complexity index is 1110. The molecule has 2 amide bonds. The van der Waals surface area contributed by atoms with Crippen molar-refractivity contribution in [2.24, 2.45) is 0 Å². The summed E-state index contributed by atoms with van der Waals surface area (Å²) in [7, 11) is -1.00. The number of benzene rings is 2. The topological polar surface area (TPSA) is 105 Å². The summed E-state index contributed by atoms with van der Waals surface area (Å²) < 4.78 is 37.3. The molecule has 2 aromatic carbocycles. The first kappa shape index (κ1) is 29.0. The molecule has 10 heteroatoms. The first-order chi connectivity index (χ1) is 17.2. The van der Waals surface area contributed by atoms with Crippen molar-refractivity contribution in [3.8, 4) is 11.5 Å². The molecule has 0 fully saturated rings. The van der Waals surface area contributed by atoms with Crippen LogP contribution in [-0.4, -0.2) is 71.3 Å². The van der Waals surface area contributed by atoms with Crippen LogP contribution in [0.4, 0.5) is 5.69 Å². The highest BCUT2D eigenvalue weighted by molar-refractivity contribution is 7.92. The van der Waals surface area contributed by atoms with Gasteiger partial charge in [-0.3, -0.25) is 13.9 Å². The van der Waals surface area contributed by atoms with Gasteiger partial charge in [-0.1, -0.05) is 44.2 Å². The Morgan fingerprint density at radius 1 is 1.03 bits per heavy atom. The van der Waals surface area contributed by atoms with Gasteiger partial charge in [-0.15, -0.1) is 0 Å². The number of nitrogens with one attached hydrogen (secondary N) is 1. The summed E-state index contributed by atoms with van der Waals surface area (Å²) in [5.41, 5.74) is 1.19. The first-order valence-electron chi connectivity index (χ1n) is 12.0. The van der Waals surface area contributed by atoms with Crippen LogP contribution in [-0.2, 0) is 26.0 Å². The van der Waals surface area contributed by atoms with E-state index in [0.717, 1.165) is 22.5 Å². The van der Waals surface area contributed by atoms with Gasteiger partial charge in [0.2, 0.25) is 21.8 Å². The molecule has 0 aliphatic heterocycles. The van der Waals surface area contributed by atoms with Crippen LogP contribution in [0, 0.1) is 0 Å². The maximum absolute atomic E-state index is 13.7. The van der Waals surface area contributed by atoms with Crippen LogP contribution in [0.1, 0.15) is 32.3 Å². The van der Waals surface area contributed by atoms with Gasteiger partial charge in [0.1, 0.15) is 24.1 Å². The smallest absolute Gasteiger partial charge is 0.244 e. The molecule has 0 spiro atoms. The molecule has 0 aliphatic rings. The van der Waals surface area contributed by atoms with Crippen molar-refractivity contribution in [1.29, 1.82) is 0 Å². The van der Waals surface area contributed by atoms with Crippen molar-refractivity contribution < 1.29 is 27.5 Å². The van der Waals surface area contributed by atoms with E-state index in [1.165, 1.54) is 25.2 Å². The second-order valence-electron chi connectivity index (χ2n) is 8.35. The molecule has 0 aromatic heterocycles. The van der Waals surface area contributed by atoms with E-state index >= 15 is 0 Å². The zero-order chi connectivity index (χ0) is 26.7. The third kappa shape index (κ3) is 7.87. The predicted molar refractivity (Wildman–Crippen MR) is 141 cm³/mol. The minimum atomic E-state index is -3.89. The van der Waals surface area contributed by atoms with E-state index in [9.17, 15) is 18.0 Å². The highest BCUT2D eigenvalue weighted by Crippen LogP contribution is 2.33. The number of rotatable bonds is 14. The molecule has 2 rings (SSSR count). The monoisotopic (exact) mass is 519 g/mol. The molecule has 1 unspecified atom stereocenters. The Labute approximate surface area is 214 Å². The van der Waals surface area contributed by atoms with E-state index in [-0.39, 0.29) is 23.9 Å². The highest BCUT2D eigenvalue weighted by Gasteiger charge is 2.32. The van der Waals surface area contributed by atoms with Crippen LogP contribution in [0.2, 0.25) is 0 Å². The molecule has 0 bridgehead atoms. The van der Waals surface area contributed by atoms with Gasteiger partial charge in [-0.25, -0.2) is 8.42 Å². The second kappa shape index (κ2) is 13.7. The maximum Gasteiger partial charge on any atom is 0.244 e. The number of ether oxygens (including phenoxy) is 2. The Morgan fingerprint density at radius 2 is 1.72 bits per heavy atom. The van der Waals surface area contributed by atoms with Crippen molar-refractivity contribution in [3.63, 3.8) is 0 Å². The largest absolute Gasteiger partial charge is 0.497 e. The Kier molecular flexibility index (Phi) is 11.0. The number of carbonyl (C=O) groups is 2. The van der Waals surface area contributed by atoms with E-state index in [1.807, 2.05) is 44.2 Å². The standard InChI is InChI=1S/C26H37N3O6S/c1-6-16-27-26(31)22(7-2)28(17-15-20-11-9-8-10-12-20)25(30)19-29(36(5,32)33)23-18-21(34-3)13-14-24(23)35-4/h8-14,18,22H,6-7,15-17,19H2,1-5H3,(H,27,31). The van der Waals surface area contributed by atoms with E-state index < -0.39 is 28.5 Å². The molecule has 1 N–H and O–H groups in total. The number of amides is 2. The lowest BCUT2D eigenvalue weighted by Gasteiger charge is -2.33. The SMILES string of the molecule is CCCNC(=O)C(CC)N(CCc1ccccc1)C(=O)CN(c1cc(OC)ccc1OC)S(C)(=O)=O. The highest BCUT2D eigenvalue weighted by atomic mass is 32.2. The number of sulfonamides is 1. The maximum atomic E-state index is 13.7. The molecule has 0 radical (unpaired) electrons. The number of nitrogens with zero attached hydrogens (tertiary/aromatic N) is 2. The number of hydrogen-bond donors (Lipinski definition) is 1. The van der Waals surface area contributed by atoms with Crippen LogP contribution in [0.25, 0.3) is 0 Å². The van der Waals surface area contributed by atoms with Gasteiger partial charge in [0.25, 0.3) is 0 Å². The van der Waals surface area contributed by atoms with Gasteiger partial charge in [0.05, 0.1) is 26.2 Å². The van der Waals surface area contributed by atoms with Crippen molar-refractivity contribution in [3.05, 3.63) is 54.1 Å². The van der Waals surface area contributed by atoms with Gasteiger partial charge < -0.3 is 19.7 Å². The molecule has 0 saturated carbocycles. The van der Waals surface area contributed by atoms with Crippen molar-refractivity contribution in [2.45, 2.75) is 39.2 Å². The minimum Gasteiger partial charge on any atom is -0.497 e. The average Bonchev–Trinajstić information content (AvgIpc) is 2.87. The lowest BCUT2D eigenvalue weighted by molar-refractivity contribution is -0.139. The van der Waals surface area contributed by atoms with Crippen molar-refractivity contribution in [1.82, 2.24) is 10.2 Å². The summed E-state index contributed by atoms with van der Waals surface area (Å²) in [6.07, 6.45) is 2.69. The fourth-order valence-electron chi connectivity index (χ4n) is 3.85. The Morgan fingerprint density at radius 3 is 2.28 bits per heavy atom. The summed E-state index contributed by atoms with van der Waals surface area (Å²) in [4.78, 5) is 28.1. The zero-order valence-corrected chi connectivity index (χ0v) is 22.5. The third-order valence-electron chi connectivity index (χ3n) is 5.75. The summed E-state index contributed by atoms with van der Waals surface area (Å²) in [5.74, 6) is -0.0545. The fraction of sp³-hybridized carbons (Fsp3) is 0.462. The lowest BCUT2D eigenvalue weighted by atomic mass is 10.1. The first-order valence-corrected chi connectivity index (χ1v) is 13.8. The number of hydrogen-bond acceptors (Lipinski definition) is 6. The molecule has 9 nitrogen and oxygen atoms in total. The fourth-order valence-corrected chi connectivity index (χ4v) is 4.69. The van der Waals surface area contributed by atoms with Gasteiger partial charge in [0.15, 0.2) is 0 Å². The zero-order valence-electron chi connectivity index (χ0n) is 21.7. The second-order valence-corrected chi connectivity index (χ2v) is 10.3. The molecule has 0 saturated heterocycles. The minimum absolute atomic E-state index is 0.180. The summed E-state index contributed by atoms with van der Waals surface area (Å²) in [5, 5.41) is 2.86. The Balaban J connectivity index is 2.44. The number of methoxy groups -OCH3 is 2. The summed E-state index contributed by atoms with van der Waals surface area (Å²) in [6, 6.07) is 13.6. The predicted octanol–water partition coefficient (Wildman–Crippen LogP) is 2.85. The van der Waals surface area contributed by atoms with Crippen LogP contribution >= 0.6 is 0 Å². The van der Waals surface area contributed by atoms with E-state index in [1.54, 1.807) is 12.1 Å². The third-order valence-corrected chi connectivity index (χ3v) is 6.88. The van der Waals surface area contributed by atoms with E-state index in [0.29, 0.717) is 25.1 Å². The molecular formula is C26H37N3O6S. The normalized spacial score (nSPS) is 11.9. The van der Waals surface area contributed by atoms with Crippen molar-refractivity contribution in [2.75, 3.05) is 44.4 Å². The molecule has 198 valence electrons. The van der Waals surface area contributed by atoms with Crippen LogP contribution in [0.15, 0.2) is 48.5 Å². The van der Waals surface area contributed by atoms with Gasteiger partial charge in [-0.05, 0) is 37.0 Å². The average molecular weight is 520 g/mol. The quantitative estimate of drug-likeness (QED) is 0.412.